The second kappa shape index (κ2) is 20.1. The van der Waals surface area contributed by atoms with Crippen molar-refractivity contribution >= 4 is 72.0 Å². The number of benzene rings is 1. The van der Waals surface area contributed by atoms with Gasteiger partial charge in [-0.1, -0.05) is 6.42 Å². The molecule has 0 aromatic heterocycles. The van der Waals surface area contributed by atoms with Crippen molar-refractivity contribution in [1.82, 2.24) is 16.0 Å². The van der Waals surface area contributed by atoms with Crippen LogP contribution < -0.4 is 25.6 Å². The molecule has 4 amide bonds. The van der Waals surface area contributed by atoms with Crippen molar-refractivity contribution in [3.05, 3.63) is 24.3 Å². The predicted octanol–water partition coefficient (Wildman–Crippen LogP) is 1.71. The molecular weight excluding hydrogens is 675 g/mol. The van der Waals surface area contributed by atoms with E-state index in [1.54, 1.807) is 0 Å². The zero-order valence-corrected chi connectivity index (χ0v) is 28.7. The molecule has 43 heavy (non-hydrogen) atoms. The monoisotopic (exact) mass is 718 g/mol. The average Bonchev–Trinajstić information content (AvgIpc) is 3.75. The normalized spacial score (nSPS) is 21.4. The van der Waals surface area contributed by atoms with E-state index in [4.69, 9.17) is 18.9 Å². The predicted molar refractivity (Wildman–Crippen MR) is 176 cm³/mol. The van der Waals surface area contributed by atoms with Gasteiger partial charge < -0.3 is 25.4 Å². The summed E-state index contributed by atoms with van der Waals surface area (Å²) >= 11 is 0.922. The third-order valence-corrected chi connectivity index (χ3v) is 22.1. The number of hydrogen-bond donors (Lipinski definition) is 4. The van der Waals surface area contributed by atoms with Gasteiger partial charge >= 0.3 is 136 Å². The van der Waals surface area contributed by atoms with Gasteiger partial charge in [0.05, 0.1) is 38.5 Å². The summed E-state index contributed by atoms with van der Waals surface area (Å²) in [6, 6.07) is 8.63. The van der Waals surface area contributed by atoms with Crippen molar-refractivity contribution in [2.45, 2.75) is 43.0 Å². The molecule has 3 heterocycles. The van der Waals surface area contributed by atoms with E-state index in [1.165, 1.54) is 15.9 Å². The Morgan fingerprint density at radius 2 is 1.53 bits per heavy atom. The van der Waals surface area contributed by atoms with Crippen LogP contribution in [0.15, 0.2) is 24.3 Å². The fourth-order valence-electron chi connectivity index (χ4n) is 4.74. The van der Waals surface area contributed by atoms with Crippen LogP contribution in [0.5, 0.6) is 0 Å². The van der Waals surface area contributed by atoms with Crippen molar-refractivity contribution in [2.75, 3.05) is 82.0 Å². The molecule has 3 atom stereocenters. The molecule has 4 rings (SSSR count). The van der Waals surface area contributed by atoms with Crippen molar-refractivity contribution < 1.29 is 33.3 Å². The number of ether oxygens (including phenoxy) is 4. The van der Waals surface area contributed by atoms with Gasteiger partial charge in [0.2, 0.25) is 5.91 Å². The third-order valence-electron chi connectivity index (χ3n) is 6.86. The summed E-state index contributed by atoms with van der Waals surface area (Å²) in [4.78, 5) is 35.5. The van der Waals surface area contributed by atoms with Gasteiger partial charge in [-0.25, -0.2) is 4.79 Å². The van der Waals surface area contributed by atoms with E-state index >= 15 is 0 Å². The van der Waals surface area contributed by atoms with E-state index in [1.807, 2.05) is 23.9 Å². The zero-order valence-electron chi connectivity index (χ0n) is 24.4. The quantitative estimate of drug-likeness (QED) is 0.0846. The van der Waals surface area contributed by atoms with E-state index in [2.05, 4.69) is 53.4 Å². The van der Waals surface area contributed by atoms with Gasteiger partial charge in [-0.2, -0.15) is 11.8 Å². The van der Waals surface area contributed by atoms with Gasteiger partial charge in [0.1, 0.15) is 0 Å². The fraction of sp³-hybridized carbons (Fsp3) is 0.679. The number of anilines is 1. The van der Waals surface area contributed by atoms with Crippen LogP contribution in [0, 0.1) is 0 Å². The van der Waals surface area contributed by atoms with Gasteiger partial charge in [-0.15, -0.1) is 0 Å². The second-order valence-electron chi connectivity index (χ2n) is 10.1. The van der Waals surface area contributed by atoms with E-state index < -0.39 is 12.3 Å². The van der Waals surface area contributed by atoms with Crippen LogP contribution >= 0.6 is 31.8 Å². The Morgan fingerprint density at radius 3 is 2.26 bits per heavy atom. The van der Waals surface area contributed by atoms with Crippen LogP contribution in [0.1, 0.15) is 25.7 Å². The Labute approximate surface area is 269 Å². The topological polar surface area (TPSA) is 136 Å². The molecule has 0 bridgehead atoms. The van der Waals surface area contributed by atoms with Crippen LogP contribution in [0.2, 0.25) is 0 Å². The molecule has 0 saturated carbocycles. The molecule has 11 nitrogen and oxygen atoms in total. The molecule has 3 saturated heterocycles. The molecule has 1 aromatic rings. The van der Waals surface area contributed by atoms with Crippen LogP contribution in [-0.4, -0.2) is 124 Å². The van der Waals surface area contributed by atoms with Gasteiger partial charge in [0.25, 0.3) is 0 Å². The summed E-state index contributed by atoms with van der Waals surface area (Å²) < 4.78 is 23.3. The Hall–Kier alpha value is -1.12. The number of urea groups is 1. The number of carbonyl (C=O) groups is 3. The number of thioether (sulfide) groups is 1. The van der Waals surface area contributed by atoms with Crippen molar-refractivity contribution in [2.24, 2.45) is 0 Å². The van der Waals surface area contributed by atoms with Gasteiger partial charge in [0.15, 0.2) is 0 Å². The van der Waals surface area contributed by atoms with Crippen molar-refractivity contribution in [1.29, 1.82) is 0 Å². The fourth-order valence-corrected chi connectivity index (χ4v) is 20.4. The molecule has 0 unspecified atom stereocenters. The first-order valence-electron chi connectivity index (χ1n) is 14.8. The third kappa shape index (κ3) is 13.0. The Morgan fingerprint density at radius 1 is 0.860 bits per heavy atom. The van der Waals surface area contributed by atoms with E-state index in [0.717, 1.165) is 30.7 Å². The molecule has 3 fully saturated rings. The minimum absolute atomic E-state index is 0.0105. The number of carbonyl (C=O) groups excluding carboxylic acids is 3. The number of fused-ring (bicyclic) bond motifs is 1. The second-order valence-corrected chi connectivity index (χ2v) is 23.1. The molecule has 0 spiro atoms. The number of amides is 4. The first-order chi connectivity index (χ1) is 21.1. The maximum absolute atomic E-state index is 12.1. The van der Waals surface area contributed by atoms with Crippen molar-refractivity contribution in [3.8, 4) is 0 Å². The van der Waals surface area contributed by atoms with Crippen molar-refractivity contribution in [3.63, 3.8) is 0 Å². The van der Waals surface area contributed by atoms with E-state index in [9.17, 15) is 14.4 Å². The standard InChI is InChI=1S/C28H43AsN4O7S3/c34-25(4-2-1-3-24-27-23(20-41-24)32-28(36)33-27)30-9-10-37-11-12-38-13-14-39-15-16-40-19-26(35)31-22-7-5-21(6-8-22)29-42-17-18-43-29/h5-8,23-24,27H,1-4,9-20H2,(H,30,34)(H,31,35)(H2,32,33,36)/t23-,24-,27-/m1/s1. The molecule has 4 N–H and O–H groups in total. The molecule has 3 aliphatic rings. The molecule has 3 aliphatic heterocycles. The summed E-state index contributed by atoms with van der Waals surface area (Å²) in [5.74, 6) is 3.33. The number of hydrogen-bond acceptors (Lipinski definition) is 10. The Balaban J connectivity index is 0.861. The first-order valence-corrected chi connectivity index (χ1v) is 23.3. The van der Waals surface area contributed by atoms with E-state index in [0.29, 0.717) is 64.5 Å². The molecule has 1 aromatic carbocycles. The molecule has 0 radical (unpaired) electrons. The van der Waals surface area contributed by atoms with Crippen LogP contribution in [0.3, 0.4) is 0 Å². The zero-order chi connectivity index (χ0) is 30.1. The summed E-state index contributed by atoms with van der Waals surface area (Å²) in [5.41, 5.74) is 0.793. The van der Waals surface area contributed by atoms with E-state index in [-0.39, 0.29) is 36.5 Å². The van der Waals surface area contributed by atoms with Gasteiger partial charge in [0, 0.05) is 24.0 Å². The Bertz CT molecular complexity index is 1010. The molecular formula is C28H43AsN4O7S3. The van der Waals surface area contributed by atoms with Gasteiger partial charge in [-0.05, 0) is 12.8 Å². The SMILES string of the molecule is O=C(CCCC[C@H]1SC[C@H]2NC(=O)N[C@H]21)NCCOCCOCCOCCOCC(=O)Nc1ccc([As]2SCCS2)cc1. The van der Waals surface area contributed by atoms with Gasteiger partial charge in [-0.3, -0.25) is 4.79 Å². The molecule has 0 aliphatic carbocycles. The Kier molecular flexibility index (Phi) is 16.2. The maximum atomic E-state index is 12.1. The van der Waals surface area contributed by atoms with Crippen LogP contribution in [0.25, 0.3) is 0 Å². The average molecular weight is 719 g/mol. The summed E-state index contributed by atoms with van der Waals surface area (Å²) in [5, 5.41) is 12.1. The molecule has 15 heteroatoms. The van der Waals surface area contributed by atoms with Crippen LogP contribution in [-0.2, 0) is 28.5 Å². The number of unbranched alkanes of at least 4 members (excludes halogenated alkanes) is 1. The minimum atomic E-state index is -0.979. The summed E-state index contributed by atoms with van der Waals surface area (Å²) in [7, 11) is 4.21. The summed E-state index contributed by atoms with van der Waals surface area (Å²) in [6.07, 6.45) is 3.33. The number of nitrogens with one attached hydrogen (secondary N) is 4. The first kappa shape index (κ1) is 34.7. The van der Waals surface area contributed by atoms with Crippen LogP contribution in [0.4, 0.5) is 10.5 Å². The number of rotatable bonds is 21. The molecule has 240 valence electrons. The summed E-state index contributed by atoms with van der Waals surface area (Å²) in [6.45, 7) is 3.41.